The summed E-state index contributed by atoms with van der Waals surface area (Å²) in [6, 6.07) is 2.12. The van der Waals surface area contributed by atoms with E-state index in [1.54, 1.807) is 0 Å². The number of carbonyl (C=O) groups excluding carboxylic acids is 1. The lowest BCUT2D eigenvalue weighted by Gasteiger charge is -2.38. The standard InChI is InChI=1S/C14H24N4O/c1-5-11-9-12(18(6-2)16-11)10-17-8-7-15-14(3,4)13(17)19/h9,15H,5-8,10H2,1-4H3. The van der Waals surface area contributed by atoms with Gasteiger partial charge < -0.3 is 10.2 Å². The third-order valence-corrected chi connectivity index (χ3v) is 3.70. The molecule has 0 atom stereocenters. The smallest absolute Gasteiger partial charge is 0.242 e. The fourth-order valence-electron chi connectivity index (χ4n) is 2.51. The Morgan fingerprint density at radius 2 is 2.16 bits per heavy atom. The number of nitrogens with zero attached hydrogens (tertiary/aromatic N) is 3. The number of hydrogen-bond donors (Lipinski definition) is 1. The molecule has 0 bridgehead atoms. The molecule has 5 heteroatoms. The minimum Gasteiger partial charge on any atom is -0.334 e. The first-order valence-electron chi connectivity index (χ1n) is 7.08. The Bertz CT molecular complexity index is 464. The summed E-state index contributed by atoms with van der Waals surface area (Å²) < 4.78 is 2.00. The van der Waals surface area contributed by atoms with Gasteiger partial charge in [0.2, 0.25) is 5.91 Å². The van der Waals surface area contributed by atoms with Crippen LogP contribution in [0, 0.1) is 0 Å². The molecule has 1 saturated heterocycles. The molecule has 0 saturated carbocycles. The third kappa shape index (κ3) is 2.81. The zero-order valence-electron chi connectivity index (χ0n) is 12.4. The van der Waals surface area contributed by atoms with Crippen LogP contribution in [0.1, 0.15) is 39.1 Å². The van der Waals surface area contributed by atoms with E-state index in [2.05, 4.69) is 30.3 Å². The molecule has 1 amide bonds. The molecule has 106 valence electrons. The number of aromatic nitrogens is 2. The summed E-state index contributed by atoms with van der Waals surface area (Å²) in [6.07, 6.45) is 0.932. The maximum absolute atomic E-state index is 12.4. The van der Waals surface area contributed by atoms with E-state index in [0.29, 0.717) is 6.54 Å². The molecule has 0 unspecified atom stereocenters. The van der Waals surface area contributed by atoms with Crippen molar-refractivity contribution in [2.24, 2.45) is 0 Å². The monoisotopic (exact) mass is 264 g/mol. The van der Waals surface area contributed by atoms with Gasteiger partial charge in [-0.05, 0) is 33.3 Å². The normalized spacial score (nSPS) is 18.9. The average Bonchev–Trinajstić information content (AvgIpc) is 2.77. The number of nitrogens with one attached hydrogen (secondary N) is 1. The number of amides is 1. The van der Waals surface area contributed by atoms with Crippen LogP contribution in [0.2, 0.25) is 0 Å². The molecule has 1 aliphatic heterocycles. The molecular formula is C14H24N4O. The Morgan fingerprint density at radius 1 is 1.42 bits per heavy atom. The lowest BCUT2D eigenvalue weighted by atomic mass is 10.0. The maximum atomic E-state index is 12.4. The van der Waals surface area contributed by atoms with E-state index in [9.17, 15) is 4.79 Å². The zero-order valence-corrected chi connectivity index (χ0v) is 12.4. The highest BCUT2D eigenvalue weighted by atomic mass is 16.2. The van der Waals surface area contributed by atoms with Crippen LogP contribution in [0.4, 0.5) is 0 Å². The molecule has 5 nitrogen and oxygen atoms in total. The minimum absolute atomic E-state index is 0.167. The van der Waals surface area contributed by atoms with Crippen LogP contribution < -0.4 is 5.32 Å². The summed E-state index contributed by atoms with van der Waals surface area (Å²) in [5.74, 6) is 0.167. The number of carbonyl (C=O) groups is 1. The maximum Gasteiger partial charge on any atom is 0.242 e. The predicted molar refractivity (Wildman–Crippen MR) is 74.8 cm³/mol. The van der Waals surface area contributed by atoms with Crippen LogP contribution in [0.5, 0.6) is 0 Å². The van der Waals surface area contributed by atoms with Gasteiger partial charge in [0.25, 0.3) is 0 Å². The van der Waals surface area contributed by atoms with Gasteiger partial charge in [-0.15, -0.1) is 0 Å². The second-order valence-corrected chi connectivity index (χ2v) is 5.57. The summed E-state index contributed by atoms with van der Waals surface area (Å²) in [6.45, 7) is 11.2. The van der Waals surface area contributed by atoms with Crippen molar-refractivity contribution in [1.82, 2.24) is 20.0 Å². The van der Waals surface area contributed by atoms with Gasteiger partial charge in [-0.1, -0.05) is 6.92 Å². The van der Waals surface area contributed by atoms with Crippen molar-refractivity contribution in [2.45, 2.75) is 52.7 Å². The van der Waals surface area contributed by atoms with E-state index < -0.39 is 5.54 Å². The largest absolute Gasteiger partial charge is 0.334 e. The van der Waals surface area contributed by atoms with Crippen LogP contribution in [0.15, 0.2) is 6.07 Å². The van der Waals surface area contributed by atoms with E-state index in [-0.39, 0.29) is 5.91 Å². The molecule has 1 fully saturated rings. The number of aryl methyl sites for hydroxylation is 2. The van der Waals surface area contributed by atoms with E-state index in [4.69, 9.17) is 0 Å². The first-order valence-corrected chi connectivity index (χ1v) is 7.08. The van der Waals surface area contributed by atoms with Crippen LogP contribution >= 0.6 is 0 Å². The molecule has 1 aliphatic rings. The van der Waals surface area contributed by atoms with Crippen molar-refractivity contribution < 1.29 is 4.79 Å². The number of rotatable bonds is 4. The zero-order chi connectivity index (χ0) is 14.0. The van der Waals surface area contributed by atoms with Crippen LogP contribution in [-0.2, 0) is 24.3 Å². The summed E-state index contributed by atoms with van der Waals surface area (Å²) in [5, 5.41) is 7.79. The fourth-order valence-corrected chi connectivity index (χ4v) is 2.51. The molecule has 0 spiro atoms. The van der Waals surface area contributed by atoms with Gasteiger partial charge in [0.05, 0.1) is 23.5 Å². The minimum atomic E-state index is -0.455. The first kappa shape index (κ1) is 14.1. The quantitative estimate of drug-likeness (QED) is 0.888. The molecule has 1 aromatic heterocycles. The molecule has 1 N–H and O–H groups in total. The van der Waals surface area contributed by atoms with Crippen molar-refractivity contribution in [1.29, 1.82) is 0 Å². The SMILES string of the molecule is CCc1cc(CN2CCNC(C)(C)C2=O)n(CC)n1. The Balaban J connectivity index is 2.16. The molecule has 2 heterocycles. The lowest BCUT2D eigenvalue weighted by Crippen LogP contribution is -2.60. The topological polar surface area (TPSA) is 50.2 Å². The highest BCUT2D eigenvalue weighted by Crippen LogP contribution is 2.16. The molecular weight excluding hydrogens is 240 g/mol. The molecule has 1 aromatic rings. The van der Waals surface area contributed by atoms with Gasteiger partial charge in [-0.2, -0.15) is 5.10 Å². The predicted octanol–water partition coefficient (Wildman–Crippen LogP) is 1.18. The third-order valence-electron chi connectivity index (χ3n) is 3.70. The first-order chi connectivity index (χ1) is 8.97. The number of piperazine rings is 1. The second-order valence-electron chi connectivity index (χ2n) is 5.57. The van der Waals surface area contributed by atoms with Gasteiger partial charge in [-0.25, -0.2) is 0 Å². The van der Waals surface area contributed by atoms with Crippen LogP contribution in [0.25, 0.3) is 0 Å². The van der Waals surface area contributed by atoms with E-state index in [1.807, 2.05) is 23.4 Å². The summed E-state index contributed by atoms with van der Waals surface area (Å²) in [7, 11) is 0. The Hall–Kier alpha value is -1.36. The molecule has 0 radical (unpaired) electrons. The number of hydrogen-bond acceptors (Lipinski definition) is 3. The average molecular weight is 264 g/mol. The van der Waals surface area contributed by atoms with Crippen LogP contribution in [0.3, 0.4) is 0 Å². The van der Waals surface area contributed by atoms with Crippen molar-refractivity contribution in [3.05, 3.63) is 17.5 Å². The van der Waals surface area contributed by atoms with E-state index >= 15 is 0 Å². The van der Waals surface area contributed by atoms with Crippen molar-refractivity contribution in [3.63, 3.8) is 0 Å². The molecule has 19 heavy (non-hydrogen) atoms. The molecule has 2 rings (SSSR count). The fraction of sp³-hybridized carbons (Fsp3) is 0.714. The van der Waals surface area contributed by atoms with Crippen molar-refractivity contribution in [2.75, 3.05) is 13.1 Å². The molecule has 0 aliphatic carbocycles. The van der Waals surface area contributed by atoms with Crippen molar-refractivity contribution >= 4 is 5.91 Å². The second kappa shape index (κ2) is 5.33. The highest BCUT2D eigenvalue weighted by molar-refractivity contribution is 5.86. The summed E-state index contributed by atoms with van der Waals surface area (Å²) in [4.78, 5) is 14.3. The highest BCUT2D eigenvalue weighted by Gasteiger charge is 2.35. The van der Waals surface area contributed by atoms with E-state index in [0.717, 1.165) is 37.4 Å². The van der Waals surface area contributed by atoms with Gasteiger partial charge in [0.15, 0.2) is 0 Å². The van der Waals surface area contributed by atoms with Gasteiger partial charge in [-0.3, -0.25) is 9.48 Å². The van der Waals surface area contributed by atoms with Crippen LogP contribution in [-0.4, -0.2) is 39.2 Å². The van der Waals surface area contributed by atoms with Gasteiger partial charge >= 0.3 is 0 Å². The Morgan fingerprint density at radius 3 is 2.79 bits per heavy atom. The lowest BCUT2D eigenvalue weighted by molar-refractivity contribution is -0.140. The summed E-state index contributed by atoms with van der Waals surface area (Å²) >= 11 is 0. The van der Waals surface area contributed by atoms with Gasteiger partial charge in [0, 0.05) is 19.6 Å². The van der Waals surface area contributed by atoms with Crippen molar-refractivity contribution in [3.8, 4) is 0 Å². The van der Waals surface area contributed by atoms with E-state index in [1.165, 1.54) is 0 Å². The Kier molecular flexibility index (Phi) is 3.94. The van der Waals surface area contributed by atoms with Gasteiger partial charge in [0.1, 0.15) is 0 Å². The molecule has 0 aromatic carbocycles. The summed E-state index contributed by atoms with van der Waals surface area (Å²) in [5.41, 5.74) is 1.77. The Labute approximate surface area is 115 Å².